The lowest BCUT2D eigenvalue weighted by atomic mass is 10.1. The highest BCUT2D eigenvalue weighted by atomic mass is 19.1. The largest absolute Gasteiger partial charge is 0.436 e. The summed E-state index contributed by atoms with van der Waals surface area (Å²) in [6, 6.07) is 22.0. The van der Waals surface area contributed by atoms with Gasteiger partial charge in [0.25, 0.3) is 11.8 Å². The maximum atomic E-state index is 14.6. The number of nitrogens with zero attached hydrogens (tertiary/aromatic N) is 4. The molecule has 1 unspecified atom stereocenters. The van der Waals surface area contributed by atoms with Crippen molar-refractivity contribution in [3.8, 4) is 11.5 Å². The van der Waals surface area contributed by atoms with E-state index >= 15 is 0 Å². The number of carbonyl (C=O) groups is 3. The first-order chi connectivity index (χ1) is 19.0. The summed E-state index contributed by atoms with van der Waals surface area (Å²) in [5.74, 6) is -2.00. The van der Waals surface area contributed by atoms with Gasteiger partial charge in [-0.3, -0.25) is 19.4 Å². The molecule has 3 heterocycles. The number of anilines is 1. The van der Waals surface area contributed by atoms with Gasteiger partial charge in [-0.2, -0.15) is 0 Å². The van der Waals surface area contributed by atoms with Gasteiger partial charge in [-0.1, -0.05) is 30.3 Å². The fourth-order valence-corrected chi connectivity index (χ4v) is 4.68. The minimum absolute atomic E-state index is 0.0187. The summed E-state index contributed by atoms with van der Waals surface area (Å²) < 4.78 is 20.4. The molecule has 1 atom stereocenters. The Kier molecular flexibility index (Phi) is 6.16. The quantitative estimate of drug-likeness (QED) is 0.292. The number of carbonyl (C=O) groups excluding carboxylic acids is 3. The van der Waals surface area contributed by atoms with Crippen molar-refractivity contribution in [2.45, 2.75) is 19.0 Å². The number of imide groups is 1. The van der Waals surface area contributed by atoms with Crippen LogP contribution < -0.4 is 4.90 Å². The molecule has 192 valence electrons. The maximum absolute atomic E-state index is 14.6. The van der Waals surface area contributed by atoms with Crippen molar-refractivity contribution in [2.24, 2.45) is 0 Å². The average Bonchev–Trinajstić information content (AvgIpc) is 3.52. The Morgan fingerprint density at radius 2 is 1.74 bits per heavy atom. The van der Waals surface area contributed by atoms with Crippen LogP contribution in [-0.2, 0) is 16.1 Å². The predicted molar refractivity (Wildman–Crippen MR) is 141 cm³/mol. The average molecular weight is 521 g/mol. The van der Waals surface area contributed by atoms with Crippen LogP contribution in [0.4, 0.5) is 10.1 Å². The normalized spacial score (nSPS) is 15.2. The molecular formula is C30H21FN4O4. The van der Waals surface area contributed by atoms with Crippen molar-refractivity contribution in [2.75, 3.05) is 4.90 Å². The number of halogens is 1. The monoisotopic (exact) mass is 520 g/mol. The summed E-state index contributed by atoms with van der Waals surface area (Å²) in [5, 5.41) is 0. The van der Waals surface area contributed by atoms with E-state index < -0.39 is 29.6 Å². The molecule has 9 heteroatoms. The van der Waals surface area contributed by atoms with E-state index in [4.69, 9.17) is 4.42 Å². The third-order valence-electron chi connectivity index (χ3n) is 6.61. The molecule has 0 bridgehead atoms. The van der Waals surface area contributed by atoms with Crippen LogP contribution in [0, 0.1) is 5.82 Å². The number of fused-ring (bicyclic) bond motifs is 1. The Morgan fingerprint density at radius 3 is 2.49 bits per heavy atom. The Balaban J connectivity index is 1.30. The second-order valence-electron chi connectivity index (χ2n) is 9.10. The zero-order chi connectivity index (χ0) is 26.9. The van der Waals surface area contributed by atoms with Crippen molar-refractivity contribution < 1.29 is 23.2 Å². The molecule has 0 radical (unpaired) electrons. The highest BCUT2D eigenvalue weighted by molar-refractivity contribution is 6.23. The van der Waals surface area contributed by atoms with Crippen LogP contribution in [0.15, 0.2) is 102 Å². The van der Waals surface area contributed by atoms with Gasteiger partial charge in [0, 0.05) is 24.5 Å². The van der Waals surface area contributed by atoms with Crippen molar-refractivity contribution >= 4 is 34.5 Å². The molecular weight excluding hydrogens is 499 g/mol. The SMILES string of the molecule is O=C1CC(N(Cc2cccnc2)C(=O)c2ccccc2F)C(=O)N1c1ccc(-c2nc3ccccc3o2)cc1. The first kappa shape index (κ1) is 24.2. The summed E-state index contributed by atoms with van der Waals surface area (Å²) in [7, 11) is 0. The van der Waals surface area contributed by atoms with Crippen molar-refractivity contribution in [3.05, 3.63) is 114 Å². The molecule has 1 aliphatic rings. The summed E-state index contributed by atoms with van der Waals surface area (Å²) >= 11 is 0. The molecule has 8 nitrogen and oxygen atoms in total. The van der Waals surface area contributed by atoms with Gasteiger partial charge in [0.05, 0.1) is 17.7 Å². The lowest BCUT2D eigenvalue weighted by molar-refractivity contribution is -0.122. The highest BCUT2D eigenvalue weighted by Crippen LogP contribution is 2.31. The van der Waals surface area contributed by atoms with Gasteiger partial charge in [-0.25, -0.2) is 14.3 Å². The van der Waals surface area contributed by atoms with E-state index in [-0.39, 0.29) is 18.5 Å². The van der Waals surface area contributed by atoms with E-state index in [0.29, 0.717) is 28.3 Å². The number of amides is 3. The molecule has 5 aromatic rings. The number of oxazole rings is 1. The Hall–Kier alpha value is -5.18. The fraction of sp³-hybridized carbons (Fsp3) is 0.100. The number of benzene rings is 3. The second-order valence-corrected chi connectivity index (χ2v) is 9.10. The molecule has 0 N–H and O–H groups in total. The van der Waals surface area contributed by atoms with Crippen LogP contribution in [0.25, 0.3) is 22.6 Å². The van der Waals surface area contributed by atoms with Crippen molar-refractivity contribution in [1.29, 1.82) is 0 Å². The van der Waals surface area contributed by atoms with E-state index in [2.05, 4.69) is 9.97 Å². The topological polar surface area (TPSA) is 96.6 Å². The molecule has 3 aromatic carbocycles. The van der Waals surface area contributed by atoms with E-state index in [1.165, 1.54) is 23.1 Å². The van der Waals surface area contributed by atoms with E-state index in [1.807, 2.05) is 24.3 Å². The van der Waals surface area contributed by atoms with Gasteiger partial charge in [0.15, 0.2) is 5.58 Å². The van der Waals surface area contributed by atoms with E-state index in [9.17, 15) is 18.8 Å². The Labute approximate surface area is 222 Å². The number of hydrogen-bond donors (Lipinski definition) is 0. The summed E-state index contributed by atoms with van der Waals surface area (Å²) in [4.78, 5) is 51.1. The fourth-order valence-electron chi connectivity index (χ4n) is 4.68. The zero-order valence-corrected chi connectivity index (χ0v) is 20.5. The lowest BCUT2D eigenvalue weighted by Crippen LogP contribution is -2.45. The third-order valence-corrected chi connectivity index (χ3v) is 6.61. The minimum Gasteiger partial charge on any atom is -0.436 e. The van der Waals surface area contributed by atoms with Gasteiger partial charge in [-0.15, -0.1) is 0 Å². The number of pyridine rings is 1. The maximum Gasteiger partial charge on any atom is 0.257 e. The van der Waals surface area contributed by atoms with Crippen molar-refractivity contribution in [3.63, 3.8) is 0 Å². The lowest BCUT2D eigenvalue weighted by Gasteiger charge is -2.28. The first-order valence-corrected chi connectivity index (χ1v) is 12.3. The molecule has 1 fully saturated rings. The molecule has 0 spiro atoms. The molecule has 1 saturated heterocycles. The van der Waals surface area contributed by atoms with Gasteiger partial charge in [0.2, 0.25) is 11.8 Å². The molecule has 1 aliphatic heterocycles. The van der Waals surface area contributed by atoms with Crippen molar-refractivity contribution in [1.82, 2.24) is 14.9 Å². The Morgan fingerprint density at radius 1 is 0.974 bits per heavy atom. The van der Waals surface area contributed by atoms with Crippen LogP contribution in [0.2, 0.25) is 0 Å². The molecule has 3 amide bonds. The van der Waals surface area contributed by atoms with Crippen LogP contribution in [-0.4, -0.2) is 38.6 Å². The van der Waals surface area contributed by atoms with E-state index in [1.54, 1.807) is 54.9 Å². The van der Waals surface area contributed by atoms with Crippen LogP contribution in [0.1, 0.15) is 22.3 Å². The number of hydrogen-bond acceptors (Lipinski definition) is 6. The Bertz CT molecular complexity index is 1670. The molecule has 6 rings (SSSR count). The zero-order valence-electron chi connectivity index (χ0n) is 20.5. The second kappa shape index (κ2) is 9.94. The third kappa shape index (κ3) is 4.54. The summed E-state index contributed by atoms with van der Waals surface area (Å²) in [6.45, 7) is -0.0187. The number of para-hydroxylation sites is 2. The van der Waals surface area contributed by atoms with Gasteiger partial charge in [-0.05, 0) is 60.2 Å². The van der Waals surface area contributed by atoms with Crippen LogP contribution in [0.5, 0.6) is 0 Å². The van der Waals surface area contributed by atoms with Gasteiger partial charge < -0.3 is 9.32 Å². The smallest absolute Gasteiger partial charge is 0.257 e. The standard InChI is InChI=1S/C30H21FN4O4/c31-23-8-2-1-7-22(23)29(37)34(18-19-6-5-15-32-17-19)25-16-27(36)35(30(25)38)21-13-11-20(12-14-21)28-33-24-9-3-4-10-26(24)39-28/h1-15,17,25H,16,18H2. The number of rotatable bonds is 6. The summed E-state index contributed by atoms with van der Waals surface area (Å²) in [5.41, 5.74) is 2.87. The highest BCUT2D eigenvalue weighted by Gasteiger charge is 2.45. The predicted octanol–water partition coefficient (Wildman–Crippen LogP) is 5.00. The summed E-state index contributed by atoms with van der Waals surface area (Å²) in [6.07, 6.45) is 2.92. The molecule has 39 heavy (non-hydrogen) atoms. The number of aromatic nitrogens is 2. The van der Waals surface area contributed by atoms with Gasteiger partial charge in [0.1, 0.15) is 17.4 Å². The molecule has 0 saturated carbocycles. The molecule has 2 aromatic heterocycles. The first-order valence-electron chi connectivity index (χ1n) is 12.3. The molecule has 0 aliphatic carbocycles. The minimum atomic E-state index is -1.11. The van der Waals surface area contributed by atoms with E-state index in [0.717, 1.165) is 10.4 Å². The van der Waals surface area contributed by atoms with Crippen LogP contribution >= 0.6 is 0 Å². The van der Waals surface area contributed by atoms with Crippen LogP contribution in [0.3, 0.4) is 0 Å². The van der Waals surface area contributed by atoms with Gasteiger partial charge >= 0.3 is 0 Å².